The summed E-state index contributed by atoms with van der Waals surface area (Å²) in [6.07, 6.45) is 7.25. The molecule has 1 aromatic heterocycles. The first-order valence-electron chi connectivity index (χ1n) is 9.02. The van der Waals surface area contributed by atoms with Crippen LogP contribution in [0.2, 0.25) is 0 Å². The third kappa shape index (κ3) is 3.26. The van der Waals surface area contributed by atoms with Crippen LogP contribution in [0.3, 0.4) is 0 Å². The van der Waals surface area contributed by atoms with E-state index in [4.69, 9.17) is 5.26 Å². The molecule has 8 nitrogen and oxygen atoms in total. The average molecular weight is 386 g/mol. The van der Waals surface area contributed by atoms with Crippen molar-refractivity contribution in [3.63, 3.8) is 0 Å². The number of aromatic nitrogens is 2. The van der Waals surface area contributed by atoms with Crippen molar-refractivity contribution in [1.29, 1.82) is 5.26 Å². The Hall–Kier alpha value is -2.57. The molecule has 0 saturated carbocycles. The summed E-state index contributed by atoms with van der Waals surface area (Å²) < 4.78 is 31.4. The summed E-state index contributed by atoms with van der Waals surface area (Å²) in [4.78, 5) is 1.63. The smallest absolute Gasteiger partial charge is 0.304 e. The molecule has 2 saturated heterocycles. The van der Waals surface area contributed by atoms with Crippen LogP contribution in [0, 0.1) is 11.5 Å². The second kappa shape index (κ2) is 6.87. The molecular weight excluding hydrogens is 364 g/mol. The van der Waals surface area contributed by atoms with Gasteiger partial charge in [0.25, 0.3) is 0 Å². The van der Waals surface area contributed by atoms with Gasteiger partial charge >= 0.3 is 10.2 Å². The van der Waals surface area contributed by atoms with Crippen LogP contribution in [0.15, 0.2) is 36.7 Å². The van der Waals surface area contributed by atoms with Crippen molar-refractivity contribution in [1.82, 2.24) is 19.0 Å². The molecule has 0 bridgehead atoms. The normalized spacial score (nSPS) is 22.7. The van der Waals surface area contributed by atoms with Crippen LogP contribution in [0.5, 0.6) is 0 Å². The zero-order chi connectivity index (χ0) is 19.0. The van der Waals surface area contributed by atoms with Gasteiger partial charge in [0, 0.05) is 51.0 Å². The minimum Gasteiger partial charge on any atom is -0.309 e. The maximum Gasteiger partial charge on any atom is 0.304 e. The van der Waals surface area contributed by atoms with E-state index in [0.29, 0.717) is 38.3 Å². The Morgan fingerprint density at radius 3 is 2.78 bits per heavy atom. The van der Waals surface area contributed by atoms with E-state index in [1.807, 2.05) is 37.5 Å². The van der Waals surface area contributed by atoms with Crippen LogP contribution in [0.25, 0.3) is 11.1 Å². The standard InChI is InChI=1S/C18H22N6O2S/c1-21-12-16(11-20-21)15-4-2-5-17(10-15)23-7-3-8-24(27(23,25)26)18-6-9-22(13-18)14-19/h2,4-5,10-12,18H,3,6-9,13H2,1H3/t18-/m1/s1. The van der Waals surface area contributed by atoms with Crippen molar-refractivity contribution in [3.05, 3.63) is 36.7 Å². The lowest BCUT2D eigenvalue weighted by atomic mass is 10.1. The van der Waals surface area contributed by atoms with Gasteiger partial charge in [-0.25, -0.2) is 0 Å². The molecule has 1 atom stereocenters. The Labute approximate surface area is 159 Å². The highest BCUT2D eigenvalue weighted by Crippen LogP contribution is 2.31. The quantitative estimate of drug-likeness (QED) is 0.745. The molecule has 2 fully saturated rings. The molecule has 1 aromatic carbocycles. The molecular formula is C18H22N6O2S. The van der Waals surface area contributed by atoms with E-state index in [-0.39, 0.29) is 6.04 Å². The number of rotatable bonds is 3. The van der Waals surface area contributed by atoms with Gasteiger partial charge < -0.3 is 4.90 Å². The number of benzene rings is 1. The first-order chi connectivity index (χ1) is 13.0. The molecule has 0 aliphatic carbocycles. The fraction of sp³-hybridized carbons (Fsp3) is 0.444. The molecule has 3 heterocycles. The van der Waals surface area contributed by atoms with E-state index in [1.165, 1.54) is 4.31 Å². The highest BCUT2D eigenvalue weighted by Gasteiger charge is 2.40. The van der Waals surface area contributed by atoms with E-state index in [9.17, 15) is 8.42 Å². The Kier molecular flexibility index (Phi) is 4.53. The molecule has 9 heteroatoms. The van der Waals surface area contributed by atoms with Crippen LogP contribution < -0.4 is 4.31 Å². The van der Waals surface area contributed by atoms with Gasteiger partial charge in [0.15, 0.2) is 6.19 Å². The summed E-state index contributed by atoms with van der Waals surface area (Å²) in [6, 6.07) is 7.42. The van der Waals surface area contributed by atoms with Crippen molar-refractivity contribution >= 4 is 15.9 Å². The molecule has 0 unspecified atom stereocenters. The van der Waals surface area contributed by atoms with Crippen LogP contribution in [-0.2, 0) is 17.3 Å². The Balaban J connectivity index is 1.63. The van der Waals surface area contributed by atoms with Gasteiger partial charge in [0.05, 0.1) is 11.9 Å². The number of nitrogens with zero attached hydrogens (tertiary/aromatic N) is 6. The molecule has 0 radical (unpaired) electrons. The average Bonchev–Trinajstić information content (AvgIpc) is 3.30. The molecule has 27 heavy (non-hydrogen) atoms. The van der Waals surface area contributed by atoms with E-state index >= 15 is 0 Å². The maximum atomic E-state index is 13.3. The van der Waals surface area contributed by atoms with Crippen LogP contribution in [0.4, 0.5) is 5.69 Å². The number of anilines is 1. The van der Waals surface area contributed by atoms with Gasteiger partial charge in [-0.1, -0.05) is 12.1 Å². The van der Waals surface area contributed by atoms with E-state index in [2.05, 4.69) is 11.3 Å². The summed E-state index contributed by atoms with van der Waals surface area (Å²) in [5, 5.41) is 13.3. The highest BCUT2D eigenvalue weighted by atomic mass is 32.2. The predicted molar refractivity (Wildman–Crippen MR) is 102 cm³/mol. The number of hydrogen-bond acceptors (Lipinski definition) is 5. The van der Waals surface area contributed by atoms with Gasteiger partial charge in [0.1, 0.15) is 0 Å². The SMILES string of the molecule is Cn1cc(-c2cccc(N3CCCN([C@@H]4CCN(C#N)C4)S3(=O)=O)c2)cn1. The second-order valence-electron chi connectivity index (χ2n) is 6.99. The number of hydrogen-bond donors (Lipinski definition) is 0. The van der Waals surface area contributed by atoms with Crippen LogP contribution in [0.1, 0.15) is 12.8 Å². The zero-order valence-electron chi connectivity index (χ0n) is 15.2. The second-order valence-corrected chi connectivity index (χ2v) is 8.79. The van der Waals surface area contributed by atoms with Gasteiger partial charge in [0.2, 0.25) is 0 Å². The Morgan fingerprint density at radius 2 is 2.07 bits per heavy atom. The maximum absolute atomic E-state index is 13.3. The molecule has 2 aromatic rings. The van der Waals surface area contributed by atoms with Gasteiger partial charge in [-0.3, -0.25) is 8.99 Å². The summed E-state index contributed by atoms with van der Waals surface area (Å²) in [5.41, 5.74) is 2.55. The Bertz CT molecular complexity index is 980. The van der Waals surface area contributed by atoms with Crippen molar-refractivity contribution in [2.45, 2.75) is 18.9 Å². The fourth-order valence-corrected chi connectivity index (χ4v) is 5.74. The summed E-state index contributed by atoms with van der Waals surface area (Å²) in [5.74, 6) is 0. The monoisotopic (exact) mass is 386 g/mol. The molecule has 0 N–H and O–H groups in total. The third-order valence-corrected chi connectivity index (χ3v) is 7.22. The lowest BCUT2D eigenvalue weighted by molar-refractivity contribution is 0.305. The number of likely N-dealkylation sites (tertiary alicyclic amines) is 1. The molecule has 4 rings (SSSR count). The van der Waals surface area contributed by atoms with Gasteiger partial charge in [-0.15, -0.1) is 0 Å². The van der Waals surface area contributed by atoms with Crippen molar-refractivity contribution < 1.29 is 8.42 Å². The van der Waals surface area contributed by atoms with Crippen molar-refractivity contribution in [3.8, 4) is 17.3 Å². The number of nitriles is 1. The molecule has 142 valence electrons. The van der Waals surface area contributed by atoms with Crippen molar-refractivity contribution in [2.75, 3.05) is 30.5 Å². The lowest BCUT2D eigenvalue weighted by Crippen LogP contribution is -2.54. The lowest BCUT2D eigenvalue weighted by Gasteiger charge is -2.38. The fourth-order valence-electron chi connectivity index (χ4n) is 3.84. The van der Waals surface area contributed by atoms with E-state index < -0.39 is 10.2 Å². The highest BCUT2D eigenvalue weighted by molar-refractivity contribution is 7.90. The van der Waals surface area contributed by atoms with E-state index in [0.717, 1.165) is 17.5 Å². The minimum atomic E-state index is -3.62. The predicted octanol–water partition coefficient (Wildman–Crippen LogP) is 1.40. The van der Waals surface area contributed by atoms with Crippen LogP contribution in [-0.4, -0.2) is 59.6 Å². The summed E-state index contributed by atoms with van der Waals surface area (Å²) >= 11 is 0. The van der Waals surface area contributed by atoms with Crippen LogP contribution >= 0.6 is 0 Å². The molecule has 2 aliphatic rings. The third-order valence-electron chi connectivity index (χ3n) is 5.20. The largest absolute Gasteiger partial charge is 0.309 e. The van der Waals surface area contributed by atoms with Gasteiger partial charge in [-0.05, 0) is 30.5 Å². The molecule has 0 spiro atoms. The first kappa shape index (κ1) is 17.8. The topological polar surface area (TPSA) is 85.5 Å². The number of aryl methyl sites for hydroxylation is 1. The minimum absolute atomic E-state index is 0.140. The van der Waals surface area contributed by atoms with Gasteiger partial charge in [-0.2, -0.15) is 23.1 Å². The summed E-state index contributed by atoms with van der Waals surface area (Å²) in [6.45, 7) is 2.05. The Morgan fingerprint density at radius 1 is 1.22 bits per heavy atom. The van der Waals surface area contributed by atoms with Crippen molar-refractivity contribution in [2.24, 2.45) is 7.05 Å². The zero-order valence-corrected chi connectivity index (χ0v) is 16.0. The first-order valence-corrected chi connectivity index (χ1v) is 10.4. The molecule has 0 amide bonds. The summed E-state index contributed by atoms with van der Waals surface area (Å²) in [7, 11) is -1.76. The van der Waals surface area contributed by atoms with E-state index in [1.54, 1.807) is 20.1 Å². The molecule has 2 aliphatic heterocycles.